The molecule has 0 radical (unpaired) electrons. The number of benzene rings is 1. The van der Waals surface area contributed by atoms with Crippen LogP contribution in [-0.2, 0) is 0 Å². The minimum atomic E-state index is 0.139. The Kier molecular flexibility index (Phi) is 3.22. The Morgan fingerprint density at radius 3 is 2.80 bits per heavy atom. The quantitative estimate of drug-likeness (QED) is 0.851. The number of carbonyl (C=O) groups excluding carboxylic acids is 1. The lowest BCUT2D eigenvalue weighted by molar-refractivity contribution is 0.0993. The Labute approximate surface area is 98.2 Å². The first-order chi connectivity index (χ1) is 7.22. The topological polar surface area (TPSA) is 29.1 Å². The van der Waals surface area contributed by atoms with Gasteiger partial charge >= 0.3 is 0 Å². The van der Waals surface area contributed by atoms with Crippen LogP contribution in [0.25, 0.3) is 0 Å². The molecule has 1 fully saturated rings. The molecule has 0 heterocycles. The fourth-order valence-corrected chi connectivity index (χ4v) is 2.39. The predicted molar refractivity (Wildman–Crippen MR) is 64.4 cm³/mol. The Bertz CT molecular complexity index is 385. The van der Waals surface area contributed by atoms with Gasteiger partial charge in [0.05, 0.1) is 6.54 Å². The third-order valence-corrected chi connectivity index (χ3v) is 3.36. The van der Waals surface area contributed by atoms with Crippen molar-refractivity contribution in [3.8, 4) is 0 Å². The molecule has 0 saturated heterocycles. The van der Waals surface area contributed by atoms with Gasteiger partial charge in [-0.25, -0.2) is 0 Å². The number of halogens is 1. The lowest BCUT2D eigenvalue weighted by atomic mass is 10.1. The molecule has 1 aromatic carbocycles. The fourth-order valence-electron chi connectivity index (χ4n) is 1.69. The zero-order chi connectivity index (χ0) is 10.8. The van der Waals surface area contributed by atoms with E-state index in [0.717, 1.165) is 10.0 Å². The molecule has 1 N–H and O–H groups in total. The third kappa shape index (κ3) is 2.47. The summed E-state index contributed by atoms with van der Waals surface area (Å²) in [5.74, 6) is 0.855. The molecule has 0 aromatic heterocycles. The summed E-state index contributed by atoms with van der Waals surface area (Å²) in [5.41, 5.74) is 2.12. The zero-order valence-corrected chi connectivity index (χ0v) is 10.3. The van der Waals surface area contributed by atoms with Gasteiger partial charge in [-0.15, -0.1) is 0 Å². The Balaban J connectivity index is 2.20. The van der Waals surface area contributed by atoms with Gasteiger partial charge in [-0.1, -0.05) is 28.1 Å². The SMILES string of the molecule is CNCC(=O)c1ccc(C2CC2)c(Br)c1. The van der Waals surface area contributed by atoms with Crippen molar-refractivity contribution >= 4 is 21.7 Å². The summed E-state index contributed by atoms with van der Waals surface area (Å²) in [6.45, 7) is 0.398. The van der Waals surface area contributed by atoms with Crippen LogP contribution >= 0.6 is 15.9 Å². The van der Waals surface area contributed by atoms with Crippen LogP contribution in [-0.4, -0.2) is 19.4 Å². The molecule has 1 saturated carbocycles. The van der Waals surface area contributed by atoms with E-state index < -0.39 is 0 Å². The van der Waals surface area contributed by atoms with Crippen LogP contribution in [0.1, 0.15) is 34.7 Å². The second-order valence-electron chi connectivity index (χ2n) is 3.96. The van der Waals surface area contributed by atoms with Crippen LogP contribution in [0.5, 0.6) is 0 Å². The van der Waals surface area contributed by atoms with E-state index in [0.29, 0.717) is 12.5 Å². The molecular weight excluding hydrogens is 254 g/mol. The standard InChI is InChI=1S/C12H14BrNO/c1-14-7-12(15)9-4-5-10(8-2-3-8)11(13)6-9/h4-6,8,14H,2-3,7H2,1H3. The van der Waals surface area contributed by atoms with Gasteiger partial charge in [0.15, 0.2) is 5.78 Å². The Morgan fingerprint density at radius 2 is 2.27 bits per heavy atom. The summed E-state index contributed by atoms with van der Waals surface area (Å²) in [4.78, 5) is 11.6. The van der Waals surface area contributed by atoms with Gasteiger partial charge in [-0.3, -0.25) is 4.79 Å². The maximum absolute atomic E-state index is 11.6. The van der Waals surface area contributed by atoms with E-state index in [2.05, 4.69) is 27.3 Å². The third-order valence-electron chi connectivity index (χ3n) is 2.68. The van der Waals surface area contributed by atoms with E-state index in [1.165, 1.54) is 18.4 Å². The van der Waals surface area contributed by atoms with Crippen LogP contribution in [0.3, 0.4) is 0 Å². The van der Waals surface area contributed by atoms with Gasteiger partial charge in [0.2, 0.25) is 0 Å². The maximum atomic E-state index is 11.6. The molecule has 1 aromatic rings. The van der Waals surface area contributed by atoms with E-state index in [4.69, 9.17) is 0 Å². The average Bonchev–Trinajstić information content (AvgIpc) is 3.01. The number of ketones is 1. The fraction of sp³-hybridized carbons (Fsp3) is 0.417. The molecule has 0 unspecified atom stereocenters. The molecule has 0 bridgehead atoms. The normalized spacial score (nSPS) is 15.3. The van der Waals surface area contributed by atoms with Gasteiger partial charge < -0.3 is 5.32 Å². The van der Waals surface area contributed by atoms with Crippen molar-refractivity contribution in [3.05, 3.63) is 33.8 Å². The van der Waals surface area contributed by atoms with Crippen molar-refractivity contribution in [2.45, 2.75) is 18.8 Å². The van der Waals surface area contributed by atoms with Gasteiger partial charge in [0.25, 0.3) is 0 Å². The number of hydrogen-bond acceptors (Lipinski definition) is 2. The lowest BCUT2D eigenvalue weighted by Crippen LogP contribution is -2.18. The molecule has 0 amide bonds. The number of Topliss-reactive ketones (excluding diaryl/α,β-unsaturated/α-hetero) is 1. The van der Waals surface area contributed by atoms with E-state index >= 15 is 0 Å². The Morgan fingerprint density at radius 1 is 1.53 bits per heavy atom. The lowest BCUT2D eigenvalue weighted by Gasteiger charge is -2.05. The molecule has 3 heteroatoms. The molecule has 80 valence electrons. The highest BCUT2D eigenvalue weighted by molar-refractivity contribution is 9.10. The summed E-state index contributed by atoms with van der Waals surface area (Å²) in [6.07, 6.45) is 2.56. The van der Waals surface area contributed by atoms with Crippen LogP contribution in [0, 0.1) is 0 Å². The highest BCUT2D eigenvalue weighted by Gasteiger charge is 2.25. The van der Waals surface area contributed by atoms with Crippen LogP contribution in [0.2, 0.25) is 0 Å². The number of likely N-dealkylation sites (N-methyl/N-ethyl adjacent to an activating group) is 1. The van der Waals surface area contributed by atoms with Crippen molar-refractivity contribution in [1.29, 1.82) is 0 Å². The molecule has 0 atom stereocenters. The van der Waals surface area contributed by atoms with E-state index in [-0.39, 0.29) is 5.78 Å². The van der Waals surface area contributed by atoms with E-state index in [9.17, 15) is 4.79 Å². The predicted octanol–water partition coefficient (Wildman–Crippen LogP) is 2.73. The average molecular weight is 268 g/mol. The first-order valence-corrected chi connectivity index (χ1v) is 5.99. The minimum absolute atomic E-state index is 0.139. The van der Waals surface area contributed by atoms with E-state index in [1.807, 2.05) is 12.1 Å². The van der Waals surface area contributed by atoms with Crippen molar-refractivity contribution in [3.63, 3.8) is 0 Å². The molecule has 2 nitrogen and oxygen atoms in total. The first-order valence-electron chi connectivity index (χ1n) is 5.19. The minimum Gasteiger partial charge on any atom is -0.313 e. The Hall–Kier alpha value is -0.670. The van der Waals surface area contributed by atoms with Gasteiger partial charge in [0.1, 0.15) is 0 Å². The van der Waals surface area contributed by atoms with Crippen molar-refractivity contribution < 1.29 is 4.79 Å². The van der Waals surface area contributed by atoms with Gasteiger partial charge in [-0.05, 0) is 37.4 Å². The number of carbonyl (C=O) groups is 1. The molecule has 1 aliphatic carbocycles. The second-order valence-corrected chi connectivity index (χ2v) is 4.82. The molecular formula is C12H14BrNO. The largest absolute Gasteiger partial charge is 0.313 e. The first kappa shape index (κ1) is 10.8. The van der Waals surface area contributed by atoms with Crippen molar-refractivity contribution in [1.82, 2.24) is 5.32 Å². The van der Waals surface area contributed by atoms with Crippen LogP contribution in [0.15, 0.2) is 22.7 Å². The number of rotatable bonds is 4. The summed E-state index contributed by atoms with van der Waals surface area (Å²) < 4.78 is 1.08. The molecule has 0 spiro atoms. The highest BCUT2D eigenvalue weighted by atomic mass is 79.9. The molecule has 1 aliphatic rings. The van der Waals surface area contributed by atoms with Gasteiger partial charge in [0, 0.05) is 10.0 Å². The summed E-state index contributed by atoms with van der Waals surface area (Å²) in [7, 11) is 1.78. The van der Waals surface area contributed by atoms with E-state index in [1.54, 1.807) is 7.05 Å². The monoisotopic (exact) mass is 267 g/mol. The number of nitrogens with one attached hydrogen (secondary N) is 1. The molecule has 0 aliphatic heterocycles. The van der Waals surface area contributed by atoms with Crippen molar-refractivity contribution in [2.24, 2.45) is 0 Å². The second kappa shape index (κ2) is 4.45. The molecule has 15 heavy (non-hydrogen) atoms. The van der Waals surface area contributed by atoms with Crippen LogP contribution < -0.4 is 5.32 Å². The van der Waals surface area contributed by atoms with Crippen molar-refractivity contribution in [2.75, 3.05) is 13.6 Å². The highest BCUT2D eigenvalue weighted by Crippen LogP contribution is 2.43. The van der Waals surface area contributed by atoms with Gasteiger partial charge in [-0.2, -0.15) is 0 Å². The zero-order valence-electron chi connectivity index (χ0n) is 8.72. The summed E-state index contributed by atoms with van der Waals surface area (Å²) >= 11 is 3.53. The number of hydrogen-bond donors (Lipinski definition) is 1. The molecule has 2 rings (SSSR count). The smallest absolute Gasteiger partial charge is 0.176 e. The van der Waals surface area contributed by atoms with Crippen LogP contribution in [0.4, 0.5) is 0 Å². The maximum Gasteiger partial charge on any atom is 0.176 e. The summed E-state index contributed by atoms with van der Waals surface area (Å²) in [6, 6.07) is 5.94. The summed E-state index contributed by atoms with van der Waals surface area (Å²) in [5, 5.41) is 2.87.